The zero-order chi connectivity index (χ0) is 13.2. The fraction of sp³-hybridized carbons (Fsp3) is 0.400. The first-order valence-corrected chi connectivity index (χ1v) is 6.79. The zero-order valence-electron chi connectivity index (χ0n) is 11.6. The van der Waals surface area contributed by atoms with Crippen LogP contribution in [0.1, 0.15) is 5.69 Å². The number of pyridine rings is 1. The van der Waals surface area contributed by atoms with E-state index in [0.717, 1.165) is 43.1 Å². The van der Waals surface area contributed by atoms with Crippen LogP contribution in [0.3, 0.4) is 0 Å². The van der Waals surface area contributed by atoms with E-state index in [-0.39, 0.29) is 0 Å². The number of fused-ring (bicyclic) bond motifs is 1. The molecule has 3 rings (SSSR count). The van der Waals surface area contributed by atoms with Crippen molar-refractivity contribution in [3.63, 3.8) is 0 Å². The van der Waals surface area contributed by atoms with Gasteiger partial charge in [0.15, 0.2) is 0 Å². The zero-order valence-corrected chi connectivity index (χ0v) is 11.6. The fourth-order valence-corrected chi connectivity index (χ4v) is 2.49. The van der Waals surface area contributed by atoms with E-state index in [1.165, 1.54) is 5.39 Å². The lowest BCUT2D eigenvalue weighted by atomic mass is 10.1. The Morgan fingerprint density at radius 1 is 1.11 bits per heavy atom. The Labute approximate surface area is 114 Å². The van der Waals surface area contributed by atoms with Crippen molar-refractivity contribution in [2.24, 2.45) is 0 Å². The molecule has 4 heteroatoms. The van der Waals surface area contributed by atoms with Crippen molar-refractivity contribution in [2.45, 2.75) is 6.92 Å². The van der Waals surface area contributed by atoms with Crippen molar-refractivity contribution in [2.75, 3.05) is 38.7 Å². The third-order valence-corrected chi connectivity index (χ3v) is 3.63. The molecule has 1 N–H and O–H groups in total. The normalized spacial score (nSPS) is 17.8. The van der Waals surface area contributed by atoms with E-state index < -0.39 is 0 Å². The van der Waals surface area contributed by atoms with Gasteiger partial charge >= 0.3 is 0 Å². The SMILES string of the molecule is Cc1cc(NN2CCN(C)CC2)c2ccccc2n1. The lowest BCUT2D eigenvalue weighted by Gasteiger charge is -2.33. The molecule has 1 aliphatic heterocycles. The van der Waals surface area contributed by atoms with Crippen LogP contribution in [0.5, 0.6) is 0 Å². The molecule has 0 amide bonds. The average molecular weight is 256 g/mol. The molecule has 0 atom stereocenters. The summed E-state index contributed by atoms with van der Waals surface area (Å²) in [6, 6.07) is 10.4. The summed E-state index contributed by atoms with van der Waals surface area (Å²) in [7, 11) is 2.17. The molecule has 1 aromatic carbocycles. The number of piperazine rings is 1. The molecule has 0 unspecified atom stereocenters. The largest absolute Gasteiger partial charge is 0.318 e. The number of aryl methyl sites for hydroxylation is 1. The molecule has 1 saturated heterocycles. The Morgan fingerprint density at radius 2 is 1.84 bits per heavy atom. The van der Waals surface area contributed by atoms with Crippen molar-refractivity contribution in [3.8, 4) is 0 Å². The quantitative estimate of drug-likeness (QED) is 0.892. The Kier molecular flexibility index (Phi) is 3.36. The number of hydrogen-bond donors (Lipinski definition) is 1. The number of rotatable bonds is 2. The Morgan fingerprint density at radius 3 is 2.63 bits per heavy atom. The summed E-state index contributed by atoms with van der Waals surface area (Å²) in [5.74, 6) is 0. The molecule has 2 heterocycles. The highest BCUT2D eigenvalue weighted by Crippen LogP contribution is 2.23. The summed E-state index contributed by atoms with van der Waals surface area (Å²) in [6.07, 6.45) is 0. The molecule has 100 valence electrons. The maximum atomic E-state index is 4.57. The van der Waals surface area contributed by atoms with E-state index in [1.807, 2.05) is 13.0 Å². The molecule has 1 aromatic heterocycles. The number of nitrogens with one attached hydrogen (secondary N) is 1. The van der Waals surface area contributed by atoms with Crippen molar-refractivity contribution in [1.82, 2.24) is 14.9 Å². The average Bonchev–Trinajstić information content (AvgIpc) is 2.41. The molecule has 4 nitrogen and oxygen atoms in total. The minimum Gasteiger partial charge on any atom is -0.318 e. The lowest BCUT2D eigenvalue weighted by Crippen LogP contribution is -2.46. The summed E-state index contributed by atoms with van der Waals surface area (Å²) in [4.78, 5) is 6.93. The smallest absolute Gasteiger partial charge is 0.0726 e. The van der Waals surface area contributed by atoms with E-state index in [1.54, 1.807) is 0 Å². The molecule has 19 heavy (non-hydrogen) atoms. The third-order valence-electron chi connectivity index (χ3n) is 3.63. The second-order valence-corrected chi connectivity index (χ2v) is 5.23. The van der Waals surface area contributed by atoms with Crippen LogP contribution >= 0.6 is 0 Å². The van der Waals surface area contributed by atoms with Crippen LogP contribution in [0.15, 0.2) is 30.3 Å². The highest BCUT2D eigenvalue weighted by atomic mass is 15.5. The topological polar surface area (TPSA) is 31.4 Å². The van der Waals surface area contributed by atoms with Gasteiger partial charge in [-0.15, -0.1) is 0 Å². The first kappa shape index (κ1) is 12.4. The van der Waals surface area contributed by atoms with E-state index in [9.17, 15) is 0 Å². The minimum atomic E-state index is 1.05. The van der Waals surface area contributed by atoms with Crippen LogP contribution in [0.2, 0.25) is 0 Å². The summed E-state index contributed by atoms with van der Waals surface area (Å²) >= 11 is 0. The number of likely N-dealkylation sites (N-methyl/N-ethyl adjacent to an activating group) is 1. The molecule has 0 radical (unpaired) electrons. The van der Waals surface area contributed by atoms with Gasteiger partial charge in [0.25, 0.3) is 0 Å². The fourth-order valence-electron chi connectivity index (χ4n) is 2.49. The van der Waals surface area contributed by atoms with Gasteiger partial charge in [-0.05, 0) is 26.1 Å². The predicted octanol–water partition coefficient (Wildman–Crippen LogP) is 2.12. The van der Waals surface area contributed by atoms with Crippen LogP contribution < -0.4 is 5.43 Å². The molecule has 0 bridgehead atoms. The van der Waals surface area contributed by atoms with Crippen molar-refractivity contribution in [3.05, 3.63) is 36.0 Å². The van der Waals surface area contributed by atoms with E-state index >= 15 is 0 Å². The number of anilines is 1. The van der Waals surface area contributed by atoms with Crippen LogP contribution in [-0.4, -0.2) is 48.1 Å². The van der Waals surface area contributed by atoms with Crippen molar-refractivity contribution >= 4 is 16.6 Å². The predicted molar refractivity (Wildman–Crippen MR) is 79.2 cm³/mol. The molecular weight excluding hydrogens is 236 g/mol. The first-order chi connectivity index (χ1) is 9.22. The number of hydrogen-bond acceptors (Lipinski definition) is 4. The maximum absolute atomic E-state index is 4.57. The van der Waals surface area contributed by atoms with Crippen LogP contribution in [0.4, 0.5) is 5.69 Å². The van der Waals surface area contributed by atoms with Gasteiger partial charge in [0.1, 0.15) is 0 Å². The number of benzene rings is 1. The number of nitrogens with zero attached hydrogens (tertiary/aromatic N) is 3. The summed E-state index contributed by atoms with van der Waals surface area (Å²) in [6.45, 7) is 6.35. The summed E-state index contributed by atoms with van der Waals surface area (Å²) in [5, 5.41) is 3.48. The van der Waals surface area contributed by atoms with Gasteiger partial charge in [-0.3, -0.25) is 4.98 Å². The van der Waals surface area contributed by atoms with Gasteiger partial charge in [0.2, 0.25) is 0 Å². The van der Waals surface area contributed by atoms with Crippen molar-refractivity contribution < 1.29 is 0 Å². The molecule has 1 aliphatic rings. The van der Waals surface area contributed by atoms with Gasteiger partial charge < -0.3 is 10.3 Å². The lowest BCUT2D eigenvalue weighted by molar-refractivity contribution is 0.179. The highest BCUT2D eigenvalue weighted by molar-refractivity contribution is 5.91. The van der Waals surface area contributed by atoms with Crippen molar-refractivity contribution in [1.29, 1.82) is 0 Å². The second kappa shape index (κ2) is 5.15. The Hall–Kier alpha value is -1.65. The molecule has 1 fully saturated rings. The second-order valence-electron chi connectivity index (χ2n) is 5.23. The monoisotopic (exact) mass is 256 g/mol. The molecular formula is C15H20N4. The van der Waals surface area contributed by atoms with E-state index in [4.69, 9.17) is 0 Å². The highest BCUT2D eigenvalue weighted by Gasteiger charge is 2.14. The summed E-state index contributed by atoms with van der Waals surface area (Å²) in [5.41, 5.74) is 6.82. The number of hydrazine groups is 1. The molecule has 0 aliphatic carbocycles. The van der Waals surface area contributed by atoms with Crippen LogP contribution in [0, 0.1) is 6.92 Å². The van der Waals surface area contributed by atoms with Crippen LogP contribution in [0.25, 0.3) is 10.9 Å². The van der Waals surface area contributed by atoms with Gasteiger partial charge in [0, 0.05) is 37.3 Å². The maximum Gasteiger partial charge on any atom is 0.0726 e. The third kappa shape index (κ3) is 2.69. The van der Waals surface area contributed by atoms with Gasteiger partial charge in [0.05, 0.1) is 11.2 Å². The Balaban J connectivity index is 1.88. The van der Waals surface area contributed by atoms with Crippen LogP contribution in [-0.2, 0) is 0 Å². The van der Waals surface area contributed by atoms with Gasteiger partial charge in [-0.1, -0.05) is 18.2 Å². The van der Waals surface area contributed by atoms with E-state index in [0.29, 0.717) is 0 Å². The van der Waals surface area contributed by atoms with Gasteiger partial charge in [-0.25, -0.2) is 5.01 Å². The van der Waals surface area contributed by atoms with Gasteiger partial charge in [-0.2, -0.15) is 0 Å². The number of aromatic nitrogens is 1. The molecule has 0 spiro atoms. The Bertz CT molecular complexity index is 573. The molecule has 0 saturated carbocycles. The minimum absolute atomic E-state index is 1.05. The number of para-hydroxylation sites is 1. The summed E-state index contributed by atoms with van der Waals surface area (Å²) < 4.78 is 0. The first-order valence-electron chi connectivity index (χ1n) is 6.79. The molecule has 2 aromatic rings. The standard InChI is InChI=1S/C15H20N4/c1-12-11-15(13-5-3-4-6-14(13)16-12)17-19-9-7-18(2)8-10-19/h3-6,11H,7-10H2,1-2H3,(H,16,17). The van der Waals surface area contributed by atoms with E-state index in [2.05, 4.69) is 51.6 Å².